The van der Waals surface area contributed by atoms with Crippen molar-refractivity contribution < 1.29 is 20.1 Å². The first-order chi connectivity index (χ1) is 11.7. The summed E-state index contributed by atoms with van der Waals surface area (Å²) in [4.78, 5) is 10.4. The number of rotatable bonds is 19. The van der Waals surface area contributed by atoms with Gasteiger partial charge in [-0.3, -0.25) is 4.79 Å². The molecule has 0 heterocycles. The summed E-state index contributed by atoms with van der Waals surface area (Å²) in [5.41, 5.74) is 0. The van der Waals surface area contributed by atoms with Gasteiger partial charge in [0.2, 0.25) is 0 Å². The zero-order valence-corrected chi connectivity index (χ0v) is 15.6. The van der Waals surface area contributed by atoms with Crippen molar-refractivity contribution in [3.63, 3.8) is 0 Å². The molecule has 0 spiro atoms. The highest BCUT2D eigenvalue weighted by Gasteiger charge is 2.05. The largest absolute Gasteiger partial charge is 0.481 e. The molecule has 0 saturated heterocycles. The van der Waals surface area contributed by atoms with Crippen LogP contribution in [0, 0.1) is 0 Å². The molecule has 1 unspecified atom stereocenters. The summed E-state index contributed by atoms with van der Waals surface area (Å²) in [6, 6.07) is 0. The third-order valence-electron chi connectivity index (χ3n) is 4.62. The molecule has 0 rings (SSSR count). The Labute approximate surface area is 148 Å². The van der Waals surface area contributed by atoms with Gasteiger partial charge in [0.25, 0.3) is 0 Å². The van der Waals surface area contributed by atoms with Gasteiger partial charge in [0.1, 0.15) is 0 Å². The van der Waals surface area contributed by atoms with Crippen LogP contribution in [-0.4, -0.2) is 34.0 Å². The van der Waals surface area contributed by atoms with Crippen molar-refractivity contribution in [3.05, 3.63) is 0 Å². The van der Waals surface area contributed by atoms with Crippen LogP contribution in [0.3, 0.4) is 0 Å². The van der Waals surface area contributed by atoms with Crippen molar-refractivity contribution in [2.45, 2.75) is 115 Å². The van der Waals surface area contributed by atoms with Gasteiger partial charge in [-0.05, 0) is 25.7 Å². The smallest absolute Gasteiger partial charge is 0.303 e. The quantitative estimate of drug-likeness (QED) is 0.286. The second-order valence-corrected chi connectivity index (χ2v) is 7.05. The Morgan fingerprint density at radius 2 is 1.00 bits per heavy atom. The molecule has 0 radical (unpaired) electrons. The molecular formula is C20H40O4. The molecule has 0 aromatic heterocycles. The van der Waals surface area contributed by atoms with Crippen LogP contribution in [-0.2, 0) is 4.79 Å². The molecule has 0 aromatic rings. The molecule has 1 atom stereocenters. The summed E-state index contributed by atoms with van der Waals surface area (Å²) in [5, 5.41) is 27.0. The zero-order valence-electron chi connectivity index (χ0n) is 15.6. The highest BCUT2D eigenvalue weighted by molar-refractivity contribution is 5.66. The van der Waals surface area contributed by atoms with Crippen molar-refractivity contribution >= 4 is 5.97 Å². The predicted molar refractivity (Wildman–Crippen MR) is 99.2 cm³/mol. The van der Waals surface area contributed by atoms with Crippen LogP contribution < -0.4 is 0 Å². The molecule has 0 aliphatic heterocycles. The highest BCUT2D eigenvalue weighted by Crippen LogP contribution is 2.14. The number of carboxylic acids is 1. The molecular weight excluding hydrogens is 304 g/mol. The van der Waals surface area contributed by atoms with Crippen LogP contribution in [0.15, 0.2) is 0 Å². The van der Waals surface area contributed by atoms with E-state index in [1.165, 1.54) is 70.6 Å². The molecule has 144 valence electrons. The number of hydrogen-bond acceptors (Lipinski definition) is 3. The van der Waals surface area contributed by atoms with Crippen molar-refractivity contribution in [2.24, 2.45) is 0 Å². The van der Waals surface area contributed by atoms with Gasteiger partial charge in [0.05, 0.1) is 6.10 Å². The molecule has 0 aliphatic rings. The lowest BCUT2D eigenvalue weighted by Gasteiger charge is -2.09. The molecule has 4 heteroatoms. The van der Waals surface area contributed by atoms with E-state index in [2.05, 4.69) is 0 Å². The molecule has 0 fully saturated rings. The van der Waals surface area contributed by atoms with Crippen LogP contribution >= 0.6 is 0 Å². The lowest BCUT2D eigenvalue weighted by atomic mass is 10.0. The second-order valence-electron chi connectivity index (χ2n) is 7.05. The Bertz CT molecular complexity index is 268. The van der Waals surface area contributed by atoms with E-state index in [-0.39, 0.29) is 12.5 Å². The molecule has 0 aromatic carbocycles. The van der Waals surface area contributed by atoms with Gasteiger partial charge >= 0.3 is 5.97 Å². The number of carbonyl (C=O) groups is 1. The first-order valence-electron chi connectivity index (χ1n) is 10.2. The van der Waals surface area contributed by atoms with Crippen molar-refractivity contribution in [3.8, 4) is 0 Å². The topological polar surface area (TPSA) is 77.8 Å². The van der Waals surface area contributed by atoms with Gasteiger partial charge in [0.15, 0.2) is 0 Å². The summed E-state index contributed by atoms with van der Waals surface area (Å²) in [6.45, 7) is 0.337. The van der Waals surface area contributed by atoms with E-state index in [0.29, 0.717) is 19.4 Å². The average Bonchev–Trinajstić information content (AvgIpc) is 2.55. The molecule has 3 N–H and O–H groups in total. The van der Waals surface area contributed by atoms with Gasteiger partial charge in [-0.1, -0.05) is 77.0 Å². The first-order valence-corrected chi connectivity index (χ1v) is 10.2. The predicted octanol–water partition coefficient (Wildman–Crippen LogP) is 5.06. The lowest BCUT2D eigenvalue weighted by Crippen LogP contribution is -2.07. The fourth-order valence-corrected chi connectivity index (χ4v) is 3.07. The van der Waals surface area contributed by atoms with Crippen molar-refractivity contribution in [1.29, 1.82) is 0 Å². The molecule has 0 bridgehead atoms. The van der Waals surface area contributed by atoms with Crippen LogP contribution in [0.5, 0.6) is 0 Å². The Morgan fingerprint density at radius 1 is 0.625 bits per heavy atom. The van der Waals surface area contributed by atoms with Crippen molar-refractivity contribution in [2.75, 3.05) is 6.61 Å². The normalized spacial score (nSPS) is 12.4. The minimum atomic E-state index is -0.774. The summed E-state index contributed by atoms with van der Waals surface area (Å²) in [6.07, 6.45) is 18.1. The third kappa shape index (κ3) is 19.4. The zero-order chi connectivity index (χ0) is 17.9. The number of hydrogen-bond donors (Lipinski definition) is 3. The van der Waals surface area contributed by atoms with E-state index in [1.807, 2.05) is 0 Å². The van der Waals surface area contributed by atoms with Crippen molar-refractivity contribution in [1.82, 2.24) is 0 Å². The van der Waals surface area contributed by atoms with Crippen LogP contribution in [0.4, 0.5) is 0 Å². The SMILES string of the molecule is O=C(O)CCCC(O)CCCCCCCCCCCCCCCO. The average molecular weight is 345 g/mol. The molecule has 0 amide bonds. The number of aliphatic carboxylic acids is 1. The Balaban J connectivity index is 3.10. The molecule has 24 heavy (non-hydrogen) atoms. The van der Waals surface area contributed by atoms with E-state index >= 15 is 0 Å². The lowest BCUT2D eigenvalue weighted by molar-refractivity contribution is -0.137. The maximum Gasteiger partial charge on any atom is 0.303 e. The van der Waals surface area contributed by atoms with Gasteiger partial charge in [-0.25, -0.2) is 0 Å². The van der Waals surface area contributed by atoms with E-state index in [9.17, 15) is 9.90 Å². The maximum absolute atomic E-state index is 10.4. The van der Waals surface area contributed by atoms with Gasteiger partial charge in [-0.2, -0.15) is 0 Å². The third-order valence-corrected chi connectivity index (χ3v) is 4.62. The van der Waals surface area contributed by atoms with Crippen LogP contribution in [0.1, 0.15) is 109 Å². The summed E-state index contributed by atoms with van der Waals surface area (Å²) in [7, 11) is 0. The minimum Gasteiger partial charge on any atom is -0.481 e. The summed E-state index contributed by atoms with van der Waals surface area (Å²) in [5.74, 6) is -0.774. The maximum atomic E-state index is 10.4. The highest BCUT2D eigenvalue weighted by atomic mass is 16.4. The fourth-order valence-electron chi connectivity index (χ4n) is 3.07. The Morgan fingerprint density at radius 3 is 1.42 bits per heavy atom. The number of aliphatic hydroxyl groups is 2. The van der Waals surface area contributed by atoms with Gasteiger partial charge in [-0.15, -0.1) is 0 Å². The van der Waals surface area contributed by atoms with E-state index in [0.717, 1.165) is 19.3 Å². The first kappa shape index (κ1) is 23.4. The minimum absolute atomic E-state index is 0.166. The van der Waals surface area contributed by atoms with E-state index in [4.69, 9.17) is 10.2 Å². The molecule has 0 saturated carbocycles. The molecule has 0 aliphatic carbocycles. The van der Waals surface area contributed by atoms with E-state index < -0.39 is 5.97 Å². The summed E-state index contributed by atoms with van der Waals surface area (Å²) < 4.78 is 0. The van der Waals surface area contributed by atoms with E-state index in [1.54, 1.807) is 0 Å². The number of unbranched alkanes of at least 4 members (excludes halogenated alkanes) is 12. The van der Waals surface area contributed by atoms with Gasteiger partial charge in [0, 0.05) is 13.0 Å². The standard InChI is InChI=1S/C20H40O4/c21-18-13-11-9-7-5-3-1-2-4-6-8-10-12-15-19(22)16-14-17-20(23)24/h19,21-22H,1-18H2,(H,23,24). The summed E-state index contributed by atoms with van der Waals surface area (Å²) >= 11 is 0. The second kappa shape index (κ2) is 18.7. The Hall–Kier alpha value is -0.610. The molecule has 4 nitrogen and oxygen atoms in total. The van der Waals surface area contributed by atoms with Crippen LogP contribution in [0.2, 0.25) is 0 Å². The van der Waals surface area contributed by atoms with Gasteiger partial charge < -0.3 is 15.3 Å². The number of aliphatic hydroxyl groups excluding tert-OH is 2. The Kier molecular flexibility index (Phi) is 18.2. The fraction of sp³-hybridized carbons (Fsp3) is 0.950. The van der Waals surface area contributed by atoms with Crippen LogP contribution in [0.25, 0.3) is 0 Å². The monoisotopic (exact) mass is 344 g/mol. The number of carboxylic acid groups (broad SMARTS) is 1.